The van der Waals surface area contributed by atoms with Crippen molar-refractivity contribution in [2.45, 2.75) is 86.1 Å². The van der Waals surface area contributed by atoms with E-state index in [0.29, 0.717) is 24.0 Å². The molecule has 0 saturated heterocycles. The van der Waals surface area contributed by atoms with Gasteiger partial charge in [0.05, 0.1) is 11.2 Å². The summed E-state index contributed by atoms with van der Waals surface area (Å²) in [5.41, 5.74) is 2.37. The Labute approximate surface area is 205 Å². The third-order valence-corrected chi connectivity index (χ3v) is 5.42. The Hall–Kier alpha value is -2.83. The van der Waals surface area contributed by atoms with Crippen LogP contribution in [-0.4, -0.2) is 39.7 Å². The predicted octanol–water partition coefficient (Wildman–Crippen LogP) is 6.19. The minimum Gasteiger partial charge on any atom is -0.315 e. The first-order valence-electron chi connectivity index (χ1n) is 12.1. The number of hydrogen-bond donors (Lipinski definition) is 2. The summed E-state index contributed by atoms with van der Waals surface area (Å²) < 4.78 is 1.84. The Morgan fingerprint density at radius 3 is 2.03 bits per heavy atom. The average Bonchev–Trinajstić information content (AvgIpc) is 3.12. The van der Waals surface area contributed by atoms with E-state index in [0.717, 1.165) is 5.69 Å². The molecule has 2 aromatic rings. The summed E-state index contributed by atoms with van der Waals surface area (Å²) in [6.45, 7) is 21.2. The van der Waals surface area contributed by atoms with Crippen molar-refractivity contribution in [1.29, 1.82) is 0 Å². The molecule has 34 heavy (non-hydrogen) atoms. The monoisotopic (exact) mass is 469 g/mol. The third-order valence-electron chi connectivity index (χ3n) is 5.42. The van der Waals surface area contributed by atoms with Gasteiger partial charge in [-0.25, -0.2) is 9.48 Å². The second kappa shape index (κ2) is 10.6. The fourth-order valence-electron chi connectivity index (χ4n) is 3.52. The number of rotatable bonds is 7. The molecule has 188 valence electrons. The van der Waals surface area contributed by atoms with Gasteiger partial charge in [-0.2, -0.15) is 5.10 Å². The lowest BCUT2D eigenvalue weighted by Gasteiger charge is -2.26. The summed E-state index contributed by atoms with van der Waals surface area (Å²) in [6, 6.07) is 9.46. The lowest BCUT2D eigenvalue weighted by molar-refractivity contribution is -0.116. The van der Waals surface area contributed by atoms with Crippen LogP contribution in [-0.2, 0) is 15.7 Å². The highest BCUT2D eigenvalue weighted by molar-refractivity contribution is 5.96. The van der Waals surface area contributed by atoms with E-state index in [2.05, 4.69) is 45.3 Å². The zero-order valence-electron chi connectivity index (χ0n) is 22.6. The minimum atomic E-state index is -0.302. The smallest absolute Gasteiger partial charge is 0.315 e. The third kappa shape index (κ3) is 7.61. The number of nitrogens with zero attached hydrogens (tertiary/aromatic N) is 3. The Kier molecular flexibility index (Phi) is 8.56. The molecule has 0 aliphatic rings. The summed E-state index contributed by atoms with van der Waals surface area (Å²) >= 11 is 0. The van der Waals surface area contributed by atoms with Gasteiger partial charge in [0.2, 0.25) is 5.91 Å². The molecule has 0 unspecified atom stereocenters. The van der Waals surface area contributed by atoms with Crippen LogP contribution in [0.3, 0.4) is 0 Å². The largest absolute Gasteiger partial charge is 0.322 e. The van der Waals surface area contributed by atoms with Crippen molar-refractivity contribution < 1.29 is 9.59 Å². The fourth-order valence-corrected chi connectivity index (χ4v) is 3.52. The Balaban J connectivity index is 2.18. The lowest BCUT2D eigenvalue weighted by Crippen LogP contribution is -2.43. The van der Waals surface area contributed by atoms with Crippen LogP contribution < -0.4 is 10.6 Å². The number of benzene rings is 1. The first-order chi connectivity index (χ1) is 15.6. The van der Waals surface area contributed by atoms with E-state index in [1.807, 2.05) is 69.6 Å². The summed E-state index contributed by atoms with van der Waals surface area (Å²) in [6.07, 6.45) is 0. The summed E-state index contributed by atoms with van der Waals surface area (Å²) in [7, 11) is 0. The molecule has 0 saturated carbocycles. The van der Waals surface area contributed by atoms with E-state index in [-0.39, 0.29) is 35.4 Å². The molecule has 0 aliphatic carbocycles. The molecule has 7 heteroatoms. The average molecular weight is 470 g/mol. The van der Waals surface area contributed by atoms with Gasteiger partial charge in [0, 0.05) is 23.7 Å². The summed E-state index contributed by atoms with van der Waals surface area (Å²) in [5.74, 6) is 1.02. The second-order valence-electron chi connectivity index (χ2n) is 11.8. The number of carbonyl (C=O) groups excluding carboxylic acids is 2. The van der Waals surface area contributed by atoms with Gasteiger partial charge in [-0.15, -0.1) is 0 Å². The SMILES string of the molecule is CC(C)CN(CC(=O)Nc1cc(C(C)(C)C)nn1C(C)(C)C)C(=O)Nc1ccc(C(C)C)cc1. The van der Waals surface area contributed by atoms with Crippen molar-refractivity contribution >= 4 is 23.4 Å². The van der Waals surface area contributed by atoms with Gasteiger partial charge < -0.3 is 15.5 Å². The van der Waals surface area contributed by atoms with Crippen LogP contribution in [0.25, 0.3) is 0 Å². The highest BCUT2D eigenvalue weighted by atomic mass is 16.2. The van der Waals surface area contributed by atoms with Crippen molar-refractivity contribution in [1.82, 2.24) is 14.7 Å². The van der Waals surface area contributed by atoms with Crippen molar-refractivity contribution in [2.24, 2.45) is 5.92 Å². The molecule has 1 aromatic carbocycles. The molecular formula is C27H43N5O2. The standard InChI is InChI=1S/C27H43N5O2/c1-18(2)16-31(25(34)28-21-13-11-20(12-14-21)19(3)4)17-24(33)29-23-15-22(26(5,6)7)30-32(23)27(8,9)10/h11-15,18-19H,16-17H2,1-10H3,(H,28,34)(H,29,33). The Morgan fingerprint density at radius 1 is 0.971 bits per heavy atom. The molecule has 0 radical (unpaired) electrons. The van der Waals surface area contributed by atoms with E-state index in [9.17, 15) is 9.59 Å². The van der Waals surface area contributed by atoms with Gasteiger partial charge in [0.15, 0.2) is 0 Å². The van der Waals surface area contributed by atoms with E-state index in [1.165, 1.54) is 5.56 Å². The van der Waals surface area contributed by atoms with E-state index in [4.69, 9.17) is 5.10 Å². The molecule has 0 atom stereocenters. The number of anilines is 2. The van der Waals surface area contributed by atoms with Gasteiger partial charge >= 0.3 is 6.03 Å². The zero-order chi connectivity index (χ0) is 25.8. The van der Waals surface area contributed by atoms with Crippen LogP contribution in [0.4, 0.5) is 16.3 Å². The number of hydrogen-bond acceptors (Lipinski definition) is 3. The first-order valence-corrected chi connectivity index (χ1v) is 12.1. The first kappa shape index (κ1) is 27.4. The van der Waals surface area contributed by atoms with Crippen LogP contribution >= 0.6 is 0 Å². The van der Waals surface area contributed by atoms with E-state index >= 15 is 0 Å². The topological polar surface area (TPSA) is 79.3 Å². The highest BCUT2D eigenvalue weighted by Gasteiger charge is 2.27. The molecule has 0 aliphatic heterocycles. The van der Waals surface area contributed by atoms with E-state index in [1.54, 1.807) is 4.90 Å². The van der Waals surface area contributed by atoms with Crippen molar-refractivity contribution in [2.75, 3.05) is 23.7 Å². The van der Waals surface area contributed by atoms with Crippen LogP contribution in [0.5, 0.6) is 0 Å². The zero-order valence-corrected chi connectivity index (χ0v) is 22.6. The molecule has 1 heterocycles. The number of nitrogens with one attached hydrogen (secondary N) is 2. The molecule has 0 bridgehead atoms. The second-order valence-corrected chi connectivity index (χ2v) is 11.8. The van der Waals surface area contributed by atoms with Gasteiger partial charge in [0.25, 0.3) is 0 Å². The van der Waals surface area contributed by atoms with Gasteiger partial charge in [-0.05, 0) is 50.3 Å². The number of carbonyl (C=O) groups is 2. The number of aromatic nitrogens is 2. The fraction of sp³-hybridized carbons (Fsp3) is 0.593. The lowest BCUT2D eigenvalue weighted by atomic mass is 9.92. The number of amides is 3. The minimum absolute atomic E-state index is 0.0474. The Morgan fingerprint density at radius 2 is 1.56 bits per heavy atom. The van der Waals surface area contributed by atoms with E-state index < -0.39 is 0 Å². The van der Waals surface area contributed by atoms with Gasteiger partial charge in [-0.1, -0.05) is 60.6 Å². The maximum Gasteiger partial charge on any atom is 0.322 e. The maximum absolute atomic E-state index is 13.0. The predicted molar refractivity (Wildman–Crippen MR) is 141 cm³/mol. The molecule has 2 N–H and O–H groups in total. The van der Waals surface area contributed by atoms with Crippen molar-refractivity contribution in [3.63, 3.8) is 0 Å². The summed E-state index contributed by atoms with van der Waals surface area (Å²) in [5, 5.41) is 10.7. The molecular weight excluding hydrogens is 426 g/mol. The molecule has 3 amide bonds. The quantitative estimate of drug-likeness (QED) is 0.507. The summed E-state index contributed by atoms with van der Waals surface area (Å²) in [4.78, 5) is 27.6. The number of urea groups is 1. The molecule has 0 fully saturated rings. The normalized spacial score (nSPS) is 12.2. The van der Waals surface area contributed by atoms with Crippen LogP contribution in [0.2, 0.25) is 0 Å². The van der Waals surface area contributed by atoms with Crippen LogP contribution in [0.15, 0.2) is 30.3 Å². The maximum atomic E-state index is 13.0. The highest BCUT2D eigenvalue weighted by Crippen LogP contribution is 2.28. The Bertz CT molecular complexity index is 976. The van der Waals surface area contributed by atoms with Crippen molar-refractivity contribution in [3.05, 3.63) is 41.6 Å². The molecule has 2 rings (SSSR count). The van der Waals surface area contributed by atoms with Crippen LogP contribution in [0.1, 0.15) is 86.4 Å². The van der Waals surface area contributed by atoms with Gasteiger partial charge in [0.1, 0.15) is 12.4 Å². The molecule has 7 nitrogen and oxygen atoms in total. The molecule has 0 spiro atoms. The van der Waals surface area contributed by atoms with Gasteiger partial charge in [-0.3, -0.25) is 4.79 Å². The van der Waals surface area contributed by atoms with Crippen LogP contribution in [0, 0.1) is 5.92 Å². The molecule has 1 aromatic heterocycles. The van der Waals surface area contributed by atoms with Crippen molar-refractivity contribution in [3.8, 4) is 0 Å².